The summed E-state index contributed by atoms with van der Waals surface area (Å²) < 4.78 is 16.3. The minimum Gasteiger partial charge on any atom is -0.493 e. The van der Waals surface area contributed by atoms with E-state index in [0.717, 1.165) is 5.56 Å². The molecule has 3 rings (SSSR count). The first-order valence-electron chi connectivity index (χ1n) is 9.26. The number of amidine groups is 1. The van der Waals surface area contributed by atoms with Crippen LogP contribution >= 0.6 is 27.7 Å². The van der Waals surface area contributed by atoms with Gasteiger partial charge in [0, 0.05) is 7.05 Å². The largest absolute Gasteiger partial charge is 0.493 e. The van der Waals surface area contributed by atoms with Gasteiger partial charge in [-0.2, -0.15) is 0 Å². The first kappa shape index (κ1) is 23.4. The predicted molar refractivity (Wildman–Crippen MR) is 128 cm³/mol. The molecule has 0 unspecified atom stereocenters. The van der Waals surface area contributed by atoms with E-state index in [1.54, 1.807) is 43.5 Å². The molecule has 9 heteroatoms. The molecule has 164 valence electrons. The second-order valence-corrected chi connectivity index (χ2v) is 8.30. The van der Waals surface area contributed by atoms with Crippen molar-refractivity contribution in [2.45, 2.75) is 0 Å². The number of thioether (sulfide) groups is 1. The molecular weight excluding hydrogens is 496 g/mol. The number of terminal acetylenes is 1. The molecule has 32 heavy (non-hydrogen) atoms. The minimum atomic E-state index is -0.422. The van der Waals surface area contributed by atoms with Gasteiger partial charge in [-0.25, -0.2) is 9.79 Å². The minimum absolute atomic E-state index is 0.106. The van der Waals surface area contributed by atoms with Crippen molar-refractivity contribution >= 4 is 56.5 Å². The van der Waals surface area contributed by atoms with E-state index in [9.17, 15) is 9.59 Å². The van der Waals surface area contributed by atoms with E-state index in [0.29, 0.717) is 37.3 Å². The van der Waals surface area contributed by atoms with Crippen molar-refractivity contribution in [3.05, 3.63) is 56.9 Å². The first-order valence-corrected chi connectivity index (χ1v) is 10.9. The lowest BCUT2D eigenvalue weighted by Gasteiger charge is -2.12. The third kappa shape index (κ3) is 5.15. The normalized spacial score (nSPS) is 15.7. The number of amides is 1. The van der Waals surface area contributed by atoms with Crippen molar-refractivity contribution in [2.75, 3.05) is 27.9 Å². The van der Waals surface area contributed by atoms with E-state index >= 15 is 0 Å². The Morgan fingerprint density at radius 3 is 2.62 bits per heavy atom. The molecule has 0 spiro atoms. The Balaban J connectivity index is 1.87. The van der Waals surface area contributed by atoms with Gasteiger partial charge in [0.15, 0.2) is 16.7 Å². The van der Waals surface area contributed by atoms with E-state index < -0.39 is 5.97 Å². The van der Waals surface area contributed by atoms with Crippen LogP contribution in [0.2, 0.25) is 0 Å². The van der Waals surface area contributed by atoms with Crippen molar-refractivity contribution < 1.29 is 23.8 Å². The molecule has 1 fully saturated rings. The summed E-state index contributed by atoms with van der Waals surface area (Å²) in [6, 6.07) is 10.2. The molecule has 0 aliphatic carbocycles. The summed E-state index contributed by atoms with van der Waals surface area (Å²) in [5, 5.41) is 0.520. The molecule has 1 heterocycles. The van der Waals surface area contributed by atoms with Crippen molar-refractivity contribution in [1.29, 1.82) is 0 Å². The van der Waals surface area contributed by atoms with Crippen LogP contribution in [0.25, 0.3) is 6.08 Å². The molecule has 1 amide bonds. The number of carbonyl (C=O) groups is 2. The van der Waals surface area contributed by atoms with Gasteiger partial charge in [-0.15, -0.1) is 6.42 Å². The number of ether oxygens (including phenoxy) is 3. The van der Waals surface area contributed by atoms with Crippen LogP contribution in [0, 0.1) is 12.3 Å². The van der Waals surface area contributed by atoms with Crippen LogP contribution in [0.4, 0.5) is 5.69 Å². The quantitative estimate of drug-likeness (QED) is 0.321. The zero-order valence-corrected chi connectivity index (χ0v) is 20.0. The number of carbonyl (C=O) groups excluding carboxylic acids is 2. The van der Waals surface area contributed by atoms with E-state index in [1.165, 1.54) is 30.9 Å². The van der Waals surface area contributed by atoms with E-state index in [1.807, 2.05) is 6.07 Å². The number of benzene rings is 2. The van der Waals surface area contributed by atoms with Gasteiger partial charge in [0.1, 0.15) is 6.61 Å². The Labute approximate surface area is 198 Å². The fourth-order valence-electron chi connectivity index (χ4n) is 2.78. The number of rotatable bonds is 6. The van der Waals surface area contributed by atoms with Crippen LogP contribution < -0.4 is 9.47 Å². The average Bonchev–Trinajstić information content (AvgIpc) is 3.05. The van der Waals surface area contributed by atoms with Gasteiger partial charge in [0.05, 0.1) is 34.8 Å². The molecule has 1 saturated heterocycles. The summed E-state index contributed by atoms with van der Waals surface area (Å²) in [6.07, 6.45) is 7.02. The average molecular weight is 515 g/mol. The van der Waals surface area contributed by atoms with Crippen molar-refractivity contribution in [3.8, 4) is 23.8 Å². The summed E-state index contributed by atoms with van der Waals surface area (Å²) in [5.74, 6) is 2.80. The topological polar surface area (TPSA) is 77.4 Å². The highest BCUT2D eigenvalue weighted by Crippen LogP contribution is 2.39. The summed E-state index contributed by atoms with van der Waals surface area (Å²) in [5.41, 5.74) is 1.78. The van der Waals surface area contributed by atoms with Crippen molar-refractivity contribution in [1.82, 2.24) is 4.90 Å². The van der Waals surface area contributed by atoms with Crippen LogP contribution in [0.1, 0.15) is 15.9 Å². The third-order valence-electron chi connectivity index (χ3n) is 4.37. The van der Waals surface area contributed by atoms with Crippen LogP contribution in [0.15, 0.2) is 50.8 Å². The Hall–Kier alpha value is -3.22. The zero-order chi connectivity index (χ0) is 23.3. The molecule has 7 nitrogen and oxygen atoms in total. The van der Waals surface area contributed by atoms with Crippen molar-refractivity contribution in [3.63, 3.8) is 0 Å². The van der Waals surface area contributed by atoms with Gasteiger partial charge in [-0.1, -0.05) is 5.92 Å². The van der Waals surface area contributed by atoms with Crippen LogP contribution in [0.3, 0.4) is 0 Å². The van der Waals surface area contributed by atoms with Gasteiger partial charge in [-0.3, -0.25) is 9.69 Å². The van der Waals surface area contributed by atoms with E-state index in [4.69, 9.17) is 20.6 Å². The predicted octanol–water partition coefficient (Wildman–Crippen LogP) is 4.49. The number of hydrogen-bond donors (Lipinski definition) is 0. The molecule has 2 aromatic rings. The number of aliphatic imine (C=N–C) groups is 1. The molecule has 0 N–H and O–H groups in total. The fourth-order valence-corrected chi connectivity index (χ4v) is 4.34. The Bertz CT molecular complexity index is 1150. The molecule has 1 aliphatic rings. The lowest BCUT2D eigenvalue weighted by molar-refractivity contribution is -0.121. The summed E-state index contributed by atoms with van der Waals surface area (Å²) in [4.78, 5) is 30.8. The maximum Gasteiger partial charge on any atom is 0.337 e. The molecule has 1 aliphatic heterocycles. The number of nitrogens with zero attached hydrogens (tertiary/aromatic N) is 2. The molecule has 0 aromatic heterocycles. The van der Waals surface area contributed by atoms with Crippen LogP contribution in [0.5, 0.6) is 11.5 Å². The maximum atomic E-state index is 12.7. The Kier molecular flexibility index (Phi) is 7.62. The summed E-state index contributed by atoms with van der Waals surface area (Å²) in [7, 11) is 4.51. The van der Waals surface area contributed by atoms with Gasteiger partial charge in [0.25, 0.3) is 5.91 Å². The van der Waals surface area contributed by atoms with Gasteiger partial charge in [0.2, 0.25) is 0 Å². The van der Waals surface area contributed by atoms with Crippen LogP contribution in [-0.4, -0.2) is 49.8 Å². The molecule has 0 bridgehead atoms. The number of methoxy groups -OCH3 is 2. The lowest BCUT2D eigenvalue weighted by Crippen LogP contribution is -2.23. The number of halogens is 1. The molecule has 0 saturated carbocycles. The number of hydrogen-bond acceptors (Lipinski definition) is 7. The SMILES string of the molecule is C#CCOc1c(Br)cc(/C=C2\SC(=Nc3ccc(C(=O)OC)cc3)N(C)C2=O)cc1OC. The first-order chi connectivity index (χ1) is 15.4. The second kappa shape index (κ2) is 10.4. The Morgan fingerprint density at radius 1 is 1.28 bits per heavy atom. The number of likely N-dealkylation sites (N-methyl/N-ethyl adjacent to an activating group) is 1. The van der Waals surface area contributed by atoms with Gasteiger partial charge in [-0.05, 0) is 75.7 Å². The third-order valence-corrected chi connectivity index (χ3v) is 6.02. The van der Waals surface area contributed by atoms with Crippen LogP contribution in [-0.2, 0) is 9.53 Å². The molecular formula is C23H19BrN2O5S. The highest BCUT2D eigenvalue weighted by Gasteiger charge is 2.30. The summed E-state index contributed by atoms with van der Waals surface area (Å²) >= 11 is 4.71. The van der Waals surface area contributed by atoms with Crippen molar-refractivity contribution in [2.24, 2.45) is 4.99 Å². The number of esters is 1. The maximum absolute atomic E-state index is 12.7. The highest BCUT2D eigenvalue weighted by atomic mass is 79.9. The fraction of sp³-hybridized carbons (Fsp3) is 0.174. The molecule has 0 radical (unpaired) electrons. The standard InChI is InChI=1S/C23H19BrN2O5S/c1-5-10-31-20-17(24)11-14(12-18(20)29-3)13-19-21(27)26(2)23(32-19)25-16-8-6-15(7-9-16)22(28)30-4/h1,6-9,11-13H,10H2,2-4H3/b19-13-,25-23?. The van der Waals surface area contributed by atoms with E-state index in [-0.39, 0.29) is 12.5 Å². The zero-order valence-electron chi connectivity index (χ0n) is 17.5. The summed E-state index contributed by atoms with van der Waals surface area (Å²) in [6.45, 7) is 0.106. The Morgan fingerprint density at radius 2 is 2.00 bits per heavy atom. The highest BCUT2D eigenvalue weighted by molar-refractivity contribution is 9.10. The molecule has 2 aromatic carbocycles. The second-order valence-electron chi connectivity index (χ2n) is 6.43. The monoisotopic (exact) mass is 514 g/mol. The van der Waals surface area contributed by atoms with Gasteiger partial charge < -0.3 is 14.2 Å². The molecule has 0 atom stereocenters. The lowest BCUT2D eigenvalue weighted by atomic mass is 10.2. The smallest absolute Gasteiger partial charge is 0.337 e. The van der Waals surface area contributed by atoms with Gasteiger partial charge >= 0.3 is 5.97 Å². The van der Waals surface area contributed by atoms with E-state index in [2.05, 4.69) is 26.8 Å².